The Morgan fingerprint density at radius 2 is 1.63 bits per heavy atom. The number of amides is 2. The molecule has 30 heavy (non-hydrogen) atoms. The number of thiophene rings is 1. The maximum Gasteiger partial charge on any atom is 0.263 e. The summed E-state index contributed by atoms with van der Waals surface area (Å²) in [4.78, 5) is 34.5. The van der Waals surface area contributed by atoms with E-state index in [0.717, 1.165) is 76.2 Å². The first kappa shape index (κ1) is 19.6. The number of aryl methyl sites for hydroxylation is 1. The van der Waals surface area contributed by atoms with Crippen molar-refractivity contribution in [3.8, 4) is 0 Å². The van der Waals surface area contributed by atoms with Crippen LogP contribution in [0.15, 0.2) is 36.4 Å². The minimum absolute atomic E-state index is 0.0603. The Labute approximate surface area is 182 Å². The van der Waals surface area contributed by atoms with Crippen LogP contribution in [0, 0.1) is 5.92 Å². The summed E-state index contributed by atoms with van der Waals surface area (Å²) in [5.74, 6) is 0.545. The maximum absolute atomic E-state index is 13.2. The van der Waals surface area contributed by atoms with Gasteiger partial charge in [0, 0.05) is 55.8 Å². The topological polar surface area (TPSA) is 43.9 Å². The predicted octanol–water partition coefficient (Wildman–Crippen LogP) is 3.44. The van der Waals surface area contributed by atoms with Crippen molar-refractivity contribution in [2.45, 2.75) is 32.1 Å². The summed E-state index contributed by atoms with van der Waals surface area (Å²) >= 11 is 1.65. The number of nitrogens with zero attached hydrogens (tertiary/aromatic N) is 3. The van der Waals surface area contributed by atoms with Crippen molar-refractivity contribution >= 4 is 28.8 Å². The van der Waals surface area contributed by atoms with E-state index in [2.05, 4.69) is 40.1 Å². The normalized spacial score (nSPS) is 21.6. The van der Waals surface area contributed by atoms with Crippen LogP contribution >= 0.6 is 11.3 Å². The number of carbonyl (C=O) groups excluding carboxylic acids is 2. The fraction of sp³-hybridized carbons (Fsp3) is 0.500. The summed E-state index contributed by atoms with van der Waals surface area (Å²) in [7, 11) is 0. The molecule has 158 valence electrons. The molecule has 3 heterocycles. The van der Waals surface area contributed by atoms with Gasteiger partial charge < -0.3 is 14.7 Å². The summed E-state index contributed by atoms with van der Waals surface area (Å²) in [6.07, 6.45) is 4.85. The number of benzene rings is 1. The van der Waals surface area contributed by atoms with E-state index in [1.807, 2.05) is 11.0 Å². The number of likely N-dealkylation sites (tertiary alicyclic amines) is 1. The molecule has 2 aliphatic heterocycles. The van der Waals surface area contributed by atoms with Crippen LogP contribution in [-0.4, -0.2) is 60.9 Å². The molecule has 1 atom stereocenters. The fourth-order valence-corrected chi connectivity index (χ4v) is 6.17. The number of carbonyl (C=O) groups is 2. The van der Waals surface area contributed by atoms with E-state index >= 15 is 0 Å². The molecular weight excluding hydrogens is 394 g/mol. The van der Waals surface area contributed by atoms with E-state index in [1.165, 1.54) is 16.1 Å². The lowest BCUT2D eigenvalue weighted by Gasteiger charge is -2.38. The van der Waals surface area contributed by atoms with Gasteiger partial charge in [-0.3, -0.25) is 9.59 Å². The molecule has 2 amide bonds. The largest absolute Gasteiger partial charge is 0.368 e. The average molecular weight is 424 g/mol. The van der Waals surface area contributed by atoms with Crippen molar-refractivity contribution in [2.75, 3.05) is 44.2 Å². The van der Waals surface area contributed by atoms with Crippen LogP contribution in [0.2, 0.25) is 0 Å². The number of para-hydroxylation sites is 1. The molecular formula is C24H29N3O2S. The highest BCUT2D eigenvalue weighted by molar-refractivity contribution is 7.14. The molecule has 1 aromatic carbocycles. The Balaban J connectivity index is 1.20. The van der Waals surface area contributed by atoms with Crippen molar-refractivity contribution in [1.29, 1.82) is 0 Å². The van der Waals surface area contributed by atoms with Gasteiger partial charge in [0.2, 0.25) is 5.91 Å². The first-order chi connectivity index (χ1) is 14.7. The molecule has 2 fully saturated rings. The summed E-state index contributed by atoms with van der Waals surface area (Å²) in [5, 5.41) is 0. The third kappa shape index (κ3) is 3.85. The Morgan fingerprint density at radius 3 is 2.37 bits per heavy atom. The zero-order chi connectivity index (χ0) is 20.5. The van der Waals surface area contributed by atoms with Crippen LogP contribution in [0.3, 0.4) is 0 Å². The molecule has 2 saturated heterocycles. The summed E-state index contributed by atoms with van der Waals surface area (Å²) in [6.45, 7) is 5.13. The SMILES string of the molecule is O=C(c1cc2c(s1)CC[C@@H](C(=O)N1CCN(c3ccccc3)CC1)C2)N1CCCC1. The van der Waals surface area contributed by atoms with Crippen LogP contribution in [0.25, 0.3) is 0 Å². The lowest BCUT2D eigenvalue weighted by Crippen LogP contribution is -2.51. The molecule has 0 bridgehead atoms. The molecule has 5 rings (SSSR count). The fourth-order valence-electron chi connectivity index (χ4n) is 5.00. The molecule has 0 N–H and O–H groups in total. The number of rotatable bonds is 3. The number of fused-ring (bicyclic) bond motifs is 1. The number of hydrogen-bond acceptors (Lipinski definition) is 4. The van der Waals surface area contributed by atoms with Crippen LogP contribution in [0.1, 0.15) is 39.4 Å². The second kappa shape index (κ2) is 8.42. The molecule has 0 saturated carbocycles. The standard InChI is InChI=1S/C24H29N3O2S/c28-23(27-14-12-25(13-15-27)20-6-2-1-3-7-20)18-8-9-21-19(16-18)17-22(30-21)24(29)26-10-4-5-11-26/h1-3,6-7,17-18H,4-5,8-16H2/t18-/m1/s1. The second-order valence-corrected chi connectivity index (χ2v) is 9.78. The van der Waals surface area contributed by atoms with E-state index in [-0.39, 0.29) is 11.8 Å². The number of piperazine rings is 1. The highest BCUT2D eigenvalue weighted by atomic mass is 32.1. The minimum Gasteiger partial charge on any atom is -0.368 e. The van der Waals surface area contributed by atoms with E-state index in [9.17, 15) is 9.59 Å². The van der Waals surface area contributed by atoms with Crippen molar-refractivity contribution in [2.24, 2.45) is 5.92 Å². The lowest BCUT2D eigenvalue weighted by atomic mass is 9.87. The Hall–Kier alpha value is -2.34. The van der Waals surface area contributed by atoms with Gasteiger partial charge in [-0.15, -0.1) is 11.3 Å². The van der Waals surface area contributed by atoms with Gasteiger partial charge in [0.05, 0.1) is 4.88 Å². The number of anilines is 1. The lowest BCUT2D eigenvalue weighted by molar-refractivity contribution is -0.136. The van der Waals surface area contributed by atoms with E-state index in [4.69, 9.17) is 0 Å². The molecule has 2 aromatic rings. The van der Waals surface area contributed by atoms with Crippen molar-refractivity contribution in [3.05, 3.63) is 51.7 Å². The third-order valence-electron chi connectivity index (χ3n) is 6.75. The van der Waals surface area contributed by atoms with Gasteiger partial charge in [0.15, 0.2) is 0 Å². The Morgan fingerprint density at radius 1 is 0.900 bits per heavy atom. The summed E-state index contributed by atoms with van der Waals surface area (Å²) in [6, 6.07) is 12.5. The molecule has 0 spiro atoms. The van der Waals surface area contributed by atoms with Gasteiger partial charge in [-0.05, 0) is 55.9 Å². The molecule has 1 aromatic heterocycles. The van der Waals surface area contributed by atoms with Gasteiger partial charge in [0.25, 0.3) is 5.91 Å². The Bertz CT molecular complexity index is 912. The molecule has 1 aliphatic carbocycles. The highest BCUT2D eigenvalue weighted by Gasteiger charge is 2.32. The molecule has 0 radical (unpaired) electrons. The monoisotopic (exact) mass is 423 g/mol. The molecule has 0 unspecified atom stereocenters. The van der Waals surface area contributed by atoms with Crippen molar-refractivity contribution < 1.29 is 9.59 Å². The Kier molecular flexibility index (Phi) is 5.50. The van der Waals surface area contributed by atoms with Crippen molar-refractivity contribution in [3.63, 3.8) is 0 Å². The van der Waals surface area contributed by atoms with Gasteiger partial charge in [-0.25, -0.2) is 0 Å². The number of hydrogen-bond donors (Lipinski definition) is 0. The third-order valence-corrected chi connectivity index (χ3v) is 7.97. The maximum atomic E-state index is 13.2. The van der Waals surface area contributed by atoms with Crippen molar-refractivity contribution in [1.82, 2.24) is 9.80 Å². The summed E-state index contributed by atoms with van der Waals surface area (Å²) in [5.41, 5.74) is 2.47. The highest BCUT2D eigenvalue weighted by Crippen LogP contribution is 2.34. The van der Waals surface area contributed by atoms with Gasteiger partial charge in [-0.2, -0.15) is 0 Å². The average Bonchev–Trinajstić information content (AvgIpc) is 3.48. The van der Waals surface area contributed by atoms with Crippen LogP contribution < -0.4 is 4.90 Å². The zero-order valence-electron chi connectivity index (χ0n) is 17.4. The van der Waals surface area contributed by atoms with E-state index < -0.39 is 0 Å². The predicted molar refractivity (Wildman–Crippen MR) is 120 cm³/mol. The zero-order valence-corrected chi connectivity index (χ0v) is 18.2. The minimum atomic E-state index is 0.0603. The molecule has 6 heteroatoms. The van der Waals surface area contributed by atoms with E-state index in [0.29, 0.717) is 5.91 Å². The van der Waals surface area contributed by atoms with Crippen LogP contribution in [-0.2, 0) is 17.6 Å². The van der Waals surface area contributed by atoms with Crippen LogP contribution in [0.4, 0.5) is 5.69 Å². The first-order valence-electron chi connectivity index (χ1n) is 11.2. The summed E-state index contributed by atoms with van der Waals surface area (Å²) < 4.78 is 0. The second-order valence-electron chi connectivity index (χ2n) is 8.65. The smallest absolute Gasteiger partial charge is 0.263 e. The van der Waals surface area contributed by atoms with Gasteiger partial charge in [-0.1, -0.05) is 18.2 Å². The van der Waals surface area contributed by atoms with Crippen LogP contribution in [0.5, 0.6) is 0 Å². The molecule has 3 aliphatic rings. The first-order valence-corrected chi connectivity index (χ1v) is 12.0. The van der Waals surface area contributed by atoms with E-state index in [1.54, 1.807) is 11.3 Å². The molecule has 5 nitrogen and oxygen atoms in total. The quantitative estimate of drug-likeness (QED) is 0.760. The van der Waals surface area contributed by atoms with Gasteiger partial charge >= 0.3 is 0 Å². The van der Waals surface area contributed by atoms with Gasteiger partial charge in [0.1, 0.15) is 0 Å².